The van der Waals surface area contributed by atoms with E-state index in [2.05, 4.69) is 39.8 Å². The highest BCUT2D eigenvalue weighted by atomic mass is 14.2. The van der Waals surface area contributed by atoms with Crippen molar-refractivity contribution in [3.05, 3.63) is 34.4 Å². The van der Waals surface area contributed by atoms with E-state index in [9.17, 15) is 0 Å². The van der Waals surface area contributed by atoms with Gasteiger partial charge < -0.3 is 0 Å². The van der Waals surface area contributed by atoms with E-state index in [-0.39, 0.29) is 0 Å². The minimum absolute atomic E-state index is 1.32. The minimum Gasteiger partial charge on any atom is -0.0654 e. The molecule has 0 aliphatic rings. The molecule has 252 valence electrons. The Labute approximate surface area is 273 Å². The van der Waals surface area contributed by atoms with Gasteiger partial charge in [0.2, 0.25) is 0 Å². The number of hydrogen-bond acceptors (Lipinski definition) is 0. The normalized spacial score (nSPS) is 11.5. The van der Waals surface area contributed by atoms with E-state index in [1.54, 1.807) is 16.7 Å². The standard InChI is InChI=1S/C43H80/c1-5-8-11-14-17-20-23-26-29-32-35-41-38-40(4)39-42(36-33-30-27-24-21-18-15-12-9-6-2)43(41)37-34-31-28-25-22-19-16-13-10-7-3/h38-39H,5-37H2,1-4H3. The van der Waals surface area contributed by atoms with Crippen molar-refractivity contribution in [2.45, 2.75) is 240 Å². The SMILES string of the molecule is CCCCCCCCCCCCc1cc(C)cc(CCCCCCCCCCCC)c1CCCCCCCCCCCC. The van der Waals surface area contributed by atoms with Gasteiger partial charge in [-0.15, -0.1) is 0 Å². The van der Waals surface area contributed by atoms with Crippen LogP contribution in [0.3, 0.4) is 0 Å². The lowest BCUT2D eigenvalue weighted by molar-refractivity contribution is 0.551. The van der Waals surface area contributed by atoms with Gasteiger partial charge in [-0.2, -0.15) is 0 Å². The van der Waals surface area contributed by atoms with Crippen molar-refractivity contribution in [1.82, 2.24) is 0 Å². The van der Waals surface area contributed by atoms with E-state index < -0.39 is 0 Å². The van der Waals surface area contributed by atoms with Gasteiger partial charge in [0, 0.05) is 0 Å². The Kier molecular flexibility index (Phi) is 29.2. The summed E-state index contributed by atoms with van der Waals surface area (Å²) in [7, 11) is 0. The third-order valence-electron chi connectivity index (χ3n) is 9.96. The number of rotatable bonds is 33. The van der Waals surface area contributed by atoms with Crippen LogP contribution in [0.4, 0.5) is 0 Å². The van der Waals surface area contributed by atoms with Crippen molar-refractivity contribution < 1.29 is 0 Å². The lowest BCUT2D eigenvalue weighted by Crippen LogP contribution is -2.03. The molecule has 0 unspecified atom stereocenters. The first-order valence-electron chi connectivity index (χ1n) is 20.3. The maximum Gasteiger partial charge on any atom is -0.0273 e. The van der Waals surface area contributed by atoms with Crippen molar-refractivity contribution in [2.75, 3.05) is 0 Å². The third-order valence-corrected chi connectivity index (χ3v) is 9.96. The molecule has 0 nitrogen and oxygen atoms in total. The molecule has 0 atom stereocenters. The lowest BCUT2D eigenvalue weighted by atomic mass is 9.88. The van der Waals surface area contributed by atoms with Crippen LogP contribution in [0.25, 0.3) is 0 Å². The smallest absolute Gasteiger partial charge is 0.0273 e. The predicted molar refractivity (Wildman–Crippen MR) is 198 cm³/mol. The molecule has 0 aliphatic carbocycles. The van der Waals surface area contributed by atoms with Gasteiger partial charge in [0.15, 0.2) is 0 Å². The van der Waals surface area contributed by atoms with Crippen molar-refractivity contribution in [2.24, 2.45) is 0 Å². The van der Waals surface area contributed by atoms with E-state index >= 15 is 0 Å². The van der Waals surface area contributed by atoms with Crippen LogP contribution in [0.5, 0.6) is 0 Å². The van der Waals surface area contributed by atoms with Crippen molar-refractivity contribution in [1.29, 1.82) is 0 Å². The van der Waals surface area contributed by atoms with E-state index in [1.165, 1.54) is 217 Å². The molecular formula is C43H80. The Balaban J connectivity index is 2.50. The number of benzene rings is 1. The van der Waals surface area contributed by atoms with E-state index in [0.717, 1.165) is 0 Å². The second kappa shape index (κ2) is 31.2. The summed E-state index contributed by atoms with van der Waals surface area (Å²) in [4.78, 5) is 0. The Bertz CT molecular complexity index is 655. The number of hydrogen-bond donors (Lipinski definition) is 0. The molecule has 0 aliphatic heterocycles. The zero-order chi connectivity index (χ0) is 31.1. The topological polar surface area (TPSA) is 0 Å². The highest BCUT2D eigenvalue weighted by Gasteiger charge is 2.11. The fourth-order valence-electron chi connectivity index (χ4n) is 7.13. The van der Waals surface area contributed by atoms with Crippen molar-refractivity contribution in [3.8, 4) is 0 Å². The predicted octanol–water partition coefficient (Wildman–Crippen LogP) is 15.4. The van der Waals surface area contributed by atoms with Crippen LogP contribution in [-0.4, -0.2) is 0 Å². The van der Waals surface area contributed by atoms with Gasteiger partial charge in [-0.25, -0.2) is 0 Å². The van der Waals surface area contributed by atoms with Crippen molar-refractivity contribution >= 4 is 0 Å². The Morgan fingerprint density at radius 3 is 0.814 bits per heavy atom. The molecule has 0 amide bonds. The summed E-state index contributed by atoms with van der Waals surface area (Å²) in [5, 5.41) is 0. The van der Waals surface area contributed by atoms with Crippen molar-refractivity contribution in [3.63, 3.8) is 0 Å². The summed E-state index contributed by atoms with van der Waals surface area (Å²) >= 11 is 0. The Hall–Kier alpha value is -0.780. The van der Waals surface area contributed by atoms with Crippen LogP contribution < -0.4 is 0 Å². The Morgan fingerprint density at radius 2 is 0.535 bits per heavy atom. The molecule has 0 N–H and O–H groups in total. The summed E-state index contributed by atoms with van der Waals surface area (Å²) < 4.78 is 0. The van der Waals surface area contributed by atoms with Gasteiger partial charge in [-0.3, -0.25) is 0 Å². The molecule has 0 saturated carbocycles. The second-order valence-electron chi connectivity index (χ2n) is 14.4. The first-order valence-corrected chi connectivity index (χ1v) is 20.3. The summed E-state index contributed by atoms with van der Waals surface area (Å²) in [6, 6.07) is 5.14. The molecule has 0 bridgehead atoms. The maximum atomic E-state index is 2.57. The van der Waals surface area contributed by atoms with E-state index in [4.69, 9.17) is 0 Å². The second-order valence-corrected chi connectivity index (χ2v) is 14.4. The fourth-order valence-corrected chi connectivity index (χ4v) is 7.13. The first-order chi connectivity index (χ1) is 21.2. The zero-order valence-electron chi connectivity index (χ0n) is 30.5. The quantitative estimate of drug-likeness (QED) is 0.0708. The van der Waals surface area contributed by atoms with Gasteiger partial charge in [0.05, 0.1) is 0 Å². The Morgan fingerprint density at radius 1 is 0.302 bits per heavy atom. The molecule has 0 heteroatoms. The van der Waals surface area contributed by atoms with Gasteiger partial charge >= 0.3 is 0 Å². The third kappa shape index (κ3) is 24.2. The highest BCUT2D eigenvalue weighted by Crippen LogP contribution is 2.25. The highest BCUT2D eigenvalue weighted by molar-refractivity contribution is 5.39. The maximum absolute atomic E-state index is 2.57. The van der Waals surface area contributed by atoms with Gasteiger partial charge in [0.1, 0.15) is 0 Å². The van der Waals surface area contributed by atoms with Crippen LogP contribution >= 0.6 is 0 Å². The van der Waals surface area contributed by atoms with Gasteiger partial charge in [-0.05, 0) is 62.1 Å². The monoisotopic (exact) mass is 597 g/mol. The average Bonchev–Trinajstić information content (AvgIpc) is 3.00. The summed E-state index contributed by atoms with van der Waals surface area (Å²) in [6.07, 6.45) is 47.0. The fraction of sp³-hybridized carbons (Fsp3) is 0.860. The lowest BCUT2D eigenvalue weighted by Gasteiger charge is -2.17. The summed E-state index contributed by atoms with van der Waals surface area (Å²) in [5.41, 5.74) is 6.73. The molecule has 0 fully saturated rings. The van der Waals surface area contributed by atoms with Crippen LogP contribution in [0, 0.1) is 6.92 Å². The van der Waals surface area contributed by atoms with E-state index in [0.29, 0.717) is 0 Å². The van der Waals surface area contributed by atoms with Crippen LogP contribution in [0.15, 0.2) is 12.1 Å². The number of unbranched alkanes of at least 4 members (excludes halogenated alkanes) is 27. The molecule has 0 saturated heterocycles. The summed E-state index contributed by atoms with van der Waals surface area (Å²) in [5.74, 6) is 0. The van der Waals surface area contributed by atoms with Crippen LogP contribution in [-0.2, 0) is 19.3 Å². The average molecular weight is 597 g/mol. The summed E-state index contributed by atoms with van der Waals surface area (Å²) in [6.45, 7) is 9.31. The van der Waals surface area contributed by atoms with Gasteiger partial charge in [-0.1, -0.05) is 212 Å². The molecule has 0 aromatic heterocycles. The van der Waals surface area contributed by atoms with Crippen LogP contribution in [0.2, 0.25) is 0 Å². The van der Waals surface area contributed by atoms with E-state index in [1.807, 2.05) is 0 Å². The molecule has 0 heterocycles. The van der Waals surface area contributed by atoms with Crippen LogP contribution in [0.1, 0.15) is 236 Å². The largest absolute Gasteiger partial charge is 0.0654 e. The molecule has 1 aromatic carbocycles. The molecular weight excluding hydrogens is 516 g/mol. The number of aryl methyl sites for hydroxylation is 3. The molecule has 0 radical (unpaired) electrons. The minimum atomic E-state index is 1.32. The molecule has 0 spiro atoms. The van der Waals surface area contributed by atoms with Gasteiger partial charge in [0.25, 0.3) is 0 Å². The zero-order valence-corrected chi connectivity index (χ0v) is 30.5. The molecule has 1 rings (SSSR count). The molecule has 43 heavy (non-hydrogen) atoms. The first kappa shape index (κ1) is 40.2. The molecule has 1 aromatic rings.